The van der Waals surface area contributed by atoms with Crippen molar-refractivity contribution in [2.24, 2.45) is 11.7 Å². The van der Waals surface area contributed by atoms with Crippen LogP contribution >= 0.6 is 0 Å². The molecule has 3 N–H and O–H groups in total. The summed E-state index contributed by atoms with van der Waals surface area (Å²) in [5, 5.41) is 10.5. The Morgan fingerprint density at radius 1 is 1.43 bits per heavy atom. The van der Waals surface area contributed by atoms with E-state index in [9.17, 15) is 4.79 Å². The van der Waals surface area contributed by atoms with Gasteiger partial charge >= 0.3 is 6.01 Å². The molecular formula is C14H23N5O2. The summed E-state index contributed by atoms with van der Waals surface area (Å²) in [4.78, 5) is 14.2. The van der Waals surface area contributed by atoms with Crippen LogP contribution in [0.1, 0.15) is 44.4 Å². The Hall–Kier alpha value is -1.47. The first-order valence-corrected chi connectivity index (χ1v) is 7.73. The van der Waals surface area contributed by atoms with E-state index in [-0.39, 0.29) is 18.0 Å². The molecule has 1 amide bonds. The van der Waals surface area contributed by atoms with Crippen molar-refractivity contribution in [2.45, 2.75) is 44.6 Å². The van der Waals surface area contributed by atoms with E-state index in [0.717, 1.165) is 32.2 Å². The maximum absolute atomic E-state index is 12.1. The van der Waals surface area contributed by atoms with Gasteiger partial charge in [0.1, 0.15) is 0 Å². The van der Waals surface area contributed by atoms with E-state index in [2.05, 4.69) is 27.3 Å². The molecule has 0 bridgehead atoms. The van der Waals surface area contributed by atoms with Crippen molar-refractivity contribution in [1.82, 2.24) is 15.1 Å². The van der Waals surface area contributed by atoms with Gasteiger partial charge in [-0.05, 0) is 38.1 Å². The standard InChI is InChI=1S/C14H23N5O2/c1-9-4-5-19(11(6-9)7-15)8-12(20)16-14-18-17-13(21-14)10-2-3-10/h9-11H,2-8,15H2,1H3,(H,16,18,20). The summed E-state index contributed by atoms with van der Waals surface area (Å²) in [6, 6.07) is 0.487. The number of carbonyl (C=O) groups excluding carboxylic acids is 1. The van der Waals surface area contributed by atoms with E-state index in [1.807, 2.05) is 0 Å². The maximum Gasteiger partial charge on any atom is 0.322 e. The van der Waals surface area contributed by atoms with Crippen molar-refractivity contribution in [3.8, 4) is 0 Å². The fourth-order valence-electron chi connectivity index (χ4n) is 2.88. The summed E-state index contributed by atoms with van der Waals surface area (Å²) in [7, 11) is 0. The molecule has 1 saturated carbocycles. The molecule has 2 fully saturated rings. The minimum atomic E-state index is -0.117. The number of nitrogens with one attached hydrogen (secondary N) is 1. The van der Waals surface area contributed by atoms with Gasteiger partial charge in [-0.25, -0.2) is 0 Å². The molecule has 1 aromatic rings. The monoisotopic (exact) mass is 293 g/mol. The van der Waals surface area contributed by atoms with Gasteiger partial charge in [-0.3, -0.25) is 15.0 Å². The number of piperidine rings is 1. The topological polar surface area (TPSA) is 97.3 Å². The molecule has 3 rings (SSSR count). The molecule has 2 atom stereocenters. The van der Waals surface area contributed by atoms with Crippen LogP contribution in [0.3, 0.4) is 0 Å². The molecule has 0 radical (unpaired) electrons. The number of carbonyl (C=O) groups is 1. The molecule has 21 heavy (non-hydrogen) atoms. The van der Waals surface area contributed by atoms with Gasteiger partial charge in [0.2, 0.25) is 11.8 Å². The van der Waals surface area contributed by atoms with Crippen LogP contribution in [0.2, 0.25) is 0 Å². The second kappa shape index (κ2) is 6.11. The average molecular weight is 293 g/mol. The Morgan fingerprint density at radius 3 is 2.95 bits per heavy atom. The molecular weight excluding hydrogens is 270 g/mol. The summed E-state index contributed by atoms with van der Waals surface area (Å²) < 4.78 is 5.44. The van der Waals surface area contributed by atoms with Gasteiger partial charge in [0.25, 0.3) is 0 Å². The SMILES string of the molecule is CC1CCN(CC(=O)Nc2nnc(C3CC3)o2)C(CN)C1. The van der Waals surface area contributed by atoms with Gasteiger partial charge in [0.05, 0.1) is 6.54 Å². The molecule has 116 valence electrons. The zero-order valence-corrected chi connectivity index (χ0v) is 12.4. The van der Waals surface area contributed by atoms with Gasteiger partial charge in [-0.1, -0.05) is 12.0 Å². The number of likely N-dealkylation sites (tertiary alicyclic amines) is 1. The summed E-state index contributed by atoms with van der Waals surface area (Å²) >= 11 is 0. The first-order chi connectivity index (χ1) is 10.2. The van der Waals surface area contributed by atoms with Crippen LogP contribution < -0.4 is 11.1 Å². The number of nitrogens with zero attached hydrogens (tertiary/aromatic N) is 3. The van der Waals surface area contributed by atoms with Crippen LogP contribution in [0.4, 0.5) is 6.01 Å². The number of rotatable bonds is 5. The van der Waals surface area contributed by atoms with Gasteiger partial charge < -0.3 is 10.2 Å². The minimum Gasteiger partial charge on any atom is -0.408 e. The zero-order valence-electron chi connectivity index (χ0n) is 12.4. The molecule has 0 spiro atoms. The summed E-state index contributed by atoms with van der Waals surface area (Å²) in [6.45, 7) is 4.06. The number of nitrogens with two attached hydrogens (primary N) is 1. The lowest BCUT2D eigenvalue weighted by atomic mass is 9.92. The largest absolute Gasteiger partial charge is 0.408 e. The molecule has 1 aliphatic heterocycles. The fraction of sp³-hybridized carbons (Fsp3) is 0.786. The number of amides is 1. The molecule has 7 heteroatoms. The quantitative estimate of drug-likeness (QED) is 0.838. The Morgan fingerprint density at radius 2 is 2.24 bits per heavy atom. The molecule has 0 aromatic carbocycles. The van der Waals surface area contributed by atoms with Crippen LogP contribution in [0.15, 0.2) is 4.42 Å². The average Bonchev–Trinajstić information content (AvgIpc) is 3.21. The van der Waals surface area contributed by atoms with Crippen LogP contribution in [-0.2, 0) is 4.79 Å². The number of aromatic nitrogens is 2. The third-order valence-electron chi connectivity index (χ3n) is 4.33. The Labute approximate surface area is 124 Å². The van der Waals surface area contributed by atoms with Crippen LogP contribution in [0.25, 0.3) is 0 Å². The van der Waals surface area contributed by atoms with E-state index < -0.39 is 0 Å². The Kier molecular flexibility index (Phi) is 4.21. The maximum atomic E-state index is 12.1. The fourth-order valence-corrected chi connectivity index (χ4v) is 2.88. The smallest absolute Gasteiger partial charge is 0.322 e. The molecule has 1 aliphatic carbocycles. The van der Waals surface area contributed by atoms with Crippen molar-refractivity contribution in [3.05, 3.63) is 5.89 Å². The van der Waals surface area contributed by atoms with E-state index in [0.29, 0.717) is 30.8 Å². The van der Waals surface area contributed by atoms with E-state index in [4.69, 9.17) is 10.2 Å². The van der Waals surface area contributed by atoms with Crippen molar-refractivity contribution in [3.63, 3.8) is 0 Å². The molecule has 1 saturated heterocycles. The van der Waals surface area contributed by atoms with E-state index in [1.54, 1.807) is 0 Å². The van der Waals surface area contributed by atoms with Gasteiger partial charge in [-0.2, -0.15) is 0 Å². The zero-order chi connectivity index (χ0) is 14.8. The first kappa shape index (κ1) is 14.5. The minimum absolute atomic E-state index is 0.117. The van der Waals surface area contributed by atoms with Crippen LogP contribution in [0, 0.1) is 5.92 Å². The number of anilines is 1. The molecule has 2 aliphatic rings. The summed E-state index contributed by atoms with van der Waals surface area (Å²) in [5.41, 5.74) is 5.81. The molecule has 1 aromatic heterocycles. The molecule has 2 unspecified atom stereocenters. The van der Waals surface area contributed by atoms with Crippen molar-refractivity contribution >= 4 is 11.9 Å². The highest BCUT2D eigenvalue weighted by Crippen LogP contribution is 2.39. The van der Waals surface area contributed by atoms with Crippen molar-refractivity contribution in [2.75, 3.05) is 25.0 Å². The highest BCUT2D eigenvalue weighted by Gasteiger charge is 2.30. The highest BCUT2D eigenvalue weighted by atomic mass is 16.4. The van der Waals surface area contributed by atoms with Crippen LogP contribution in [-0.4, -0.2) is 46.7 Å². The Balaban J connectivity index is 1.52. The normalized spacial score (nSPS) is 26.8. The lowest BCUT2D eigenvalue weighted by molar-refractivity contribution is -0.118. The Bertz CT molecular complexity index is 499. The van der Waals surface area contributed by atoms with Crippen LogP contribution in [0.5, 0.6) is 0 Å². The molecule has 7 nitrogen and oxygen atoms in total. The van der Waals surface area contributed by atoms with Gasteiger partial charge in [-0.15, -0.1) is 5.10 Å². The third-order valence-corrected chi connectivity index (χ3v) is 4.33. The third kappa shape index (κ3) is 3.59. The summed E-state index contributed by atoms with van der Waals surface area (Å²) in [5.74, 6) is 1.59. The van der Waals surface area contributed by atoms with Crippen molar-refractivity contribution < 1.29 is 9.21 Å². The van der Waals surface area contributed by atoms with E-state index >= 15 is 0 Å². The first-order valence-electron chi connectivity index (χ1n) is 7.73. The molecule has 2 heterocycles. The second-order valence-electron chi connectivity index (χ2n) is 6.26. The number of hydrogen-bond donors (Lipinski definition) is 2. The second-order valence-corrected chi connectivity index (χ2v) is 6.26. The predicted molar refractivity (Wildman–Crippen MR) is 77.7 cm³/mol. The lowest BCUT2D eigenvalue weighted by Crippen LogP contribution is -2.49. The van der Waals surface area contributed by atoms with Gasteiger partial charge in [0.15, 0.2) is 0 Å². The highest BCUT2D eigenvalue weighted by molar-refractivity contribution is 5.90. The number of hydrogen-bond acceptors (Lipinski definition) is 6. The summed E-state index contributed by atoms with van der Waals surface area (Å²) in [6.07, 6.45) is 4.35. The van der Waals surface area contributed by atoms with Crippen molar-refractivity contribution in [1.29, 1.82) is 0 Å². The van der Waals surface area contributed by atoms with E-state index in [1.165, 1.54) is 0 Å². The predicted octanol–water partition coefficient (Wildman–Crippen LogP) is 0.945. The van der Waals surface area contributed by atoms with Gasteiger partial charge in [0, 0.05) is 18.5 Å². The lowest BCUT2D eigenvalue weighted by Gasteiger charge is -2.37.